The molecule has 0 unspecified atom stereocenters. The van der Waals surface area contributed by atoms with Crippen LogP contribution < -0.4 is 20.1 Å². The fourth-order valence-electron chi connectivity index (χ4n) is 2.29. The number of nitrogens with one attached hydrogen (secondary N) is 2. The van der Waals surface area contributed by atoms with Gasteiger partial charge in [-0.15, -0.1) is 0 Å². The van der Waals surface area contributed by atoms with Crippen LogP contribution in [-0.4, -0.2) is 32.3 Å². The van der Waals surface area contributed by atoms with Gasteiger partial charge in [0, 0.05) is 24.3 Å². The van der Waals surface area contributed by atoms with Crippen molar-refractivity contribution in [2.45, 2.75) is 25.8 Å². The number of anilines is 1. The Kier molecular flexibility index (Phi) is 4.25. The van der Waals surface area contributed by atoms with Crippen LogP contribution >= 0.6 is 0 Å². The Morgan fingerprint density at radius 2 is 2.44 bits per heavy atom. The van der Waals surface area contributed by atoms with E-state index < -0.39 is 0 Å². The molecule has 1 aromatic heterocycles. The van der Waals surface area contributed by atoms with E-state index in [2.05, 4.69) is 22.5 Å². The molecule has 0 aromatic carbocycles. The van der Waals surface area contributed by atoms with Crippen molar-refractivity contribution in [1.29, 1.82) is 0 Å². The number of fused-ring (bicyclic) bond motifs is 1. The Hall–Kier alpha value is -1.49. The van der Waals surface area contributed by atoms with Gasteiger partial charge in [0.15, 0.2) is 0 Å². The maximum atomic E-state index is 5.68. The van der Waals surface area contributed by atoms with Crippen molar-refractivity contribution in [3.05, 3.63) is 11.8 Å². The molecule has 2 heterocycles. The first-order chi connectivity index (χ1) is 8.81. The molecule has 5 heteroatoms. The Morgan fingerprint density at radius 1 is 1.61 bits per heavy atom. The topological polar surface area (TPSA) is 55.4 Å². The van der Waals surface area contributed by atoms with Crippen LogP contribution in [0.15, 0.2) is 6.20 Å². The van der Waals surface area contributed by atoms with Crippen LogP contribution in [0.4, 0.5) is 5.69 Å². The molecule has 0 amide bonds. The summed E-state index contributed by atoms with van der Waals surface area (Å²) in [6.07, 6.45) is 4.06. The maximum Gasteiger partial charge on any atom is 0.258 e. The number of nitrogens with zero attached hydrogens (tertiary/aromatic N) is 1. The quantitative estimate of drug-likeness (QED) is 0.837. The van der Waals surface area contributed by atoms with E-state index in [1.54, 1.807) is 7.11 Å². The van der Waals surface area contributed by atoms with Gasteiger partial charge < -0.3 is 20.1 Å². The van der Waals surface area contributed by atoms with Crippen molar-refractivity contribution < 1.29 is 9.47 Å². The summed E-state index contributed by atoms with van der Waals surface area (Å²) >= 11 is 0. The molecule has 0 bridgehead atoms. The second-order valence-corrected chi connectivity index (χ2v) is 4.33. The standard InChI is InChI=1S/C13H21N3O2/c1-4-5-10(14-2)9-8-16-13(17-3)12-11(9)15-6-7-18-12/h8,10,14-15H,4-7H2,1-3H3/t10-/m0/s1. The van der Waals surface area contributed by atoms with E-state index >= 15 is 0 Å². The third-order valence-corrected chi connectivity index (χ3v) is 3.18. The minimum absolute atomic E-state index is 0.288. The number of methoxy groups -OCH3 is 1. The molecular formula is C13H21N3O2. The second kappa shape index (κ2) is 5.91. The first kappa shape index (κ1) is 13.0. The fourth-order valence-corrected chi connectivity index (χ4v) is 2.29. The highest BCUT2D eigenvalue weighted by Crippen LogP contribution is 2.40. The van der Waals surface area contributed by atoms with Crippen LogP contribution in [0.2, 0.25) is 0 Å². The van der Waals surface area contributed by atoms with Gasteiger partial charge in [0.05, 0.1) is 12.8 Å². The smallest absolute Gasteiger partial charge is 0.258 e. The maximum absolute atomic E-state index is 5.68. The zero-order chi connectivity index (χ0) is 13.0. The van der Waals surface area contributed by atoms with Gasteiger partial charge in [-0.05, 0) is 13.5 Å². The molecule has 18 heavy (non-hydrogen) atoms. The van der Waals surface area contributed by atoms with Crippen LogP contribution in [0.1, 0.15) is 31.4 Å². The molecule has 0 saturated heterocycles. The number of pyridine rings is 1. The van der Waals surface area contributed by atoms with Gasteiger partial charge >= 0.3 is 0 Å². The first-order valence-electron chi connectivity index (χ1n) is 6.42. The van der Waals surface area contributed by atoms with Gasteiger partial charge in [0.2, 0.25) is 5.75 Å². The van der Waals surface area contributed by atoms with Gasteiger partial charge in [0.1, 0.15) is 6.61 Å². The van der Waals surface area contributed by atoms with Gasteiger partial charge in [0.25, 0.3) is 5.88 Å². The van der Waals surface area contributed by atoms with Crippen molar-refractivity contribution in [3.63, 3.8) is 0 Å². The summed E-state index contributed by atoms with van der Waals surface area (Å²) < 4.78 is 10.9. The van der Waals surface area contributed by atoms with Gasteiger partial charge in [-0.25, -0.2) is 4.98 Å². The predicted molar refractivity (Wildman–Crippen MR) is 71.5 cm³/mol. The monoisotopic (exact) mass is 251 g/mol. The highest BCUT2D eigenvalue weighted by molar-refractivity contribution is 5.67. The van der Waals surface area contributed by atoms with Crippen LogP contribution in [0, 0.1) is 0 Å². The number of ether oxygens (including phenoxy) is 2. The molecule has 2 N–H and O–H groups in total. The van der Waals surface area contributed by atoms with Gasteiger partial charge in [-0.3, -0.25) is 0 Å². The van der Waals surface area contributed by atoms with Crippen molar-refractivity contribution in [2.24, 2.45) is 0 Å². The molecule has 0 aliphatic carbocycles. The van der Waals surface area contributed by atoms with Crippen molar-refractivity contribution in [1.82, 2.24) is 10.3 Å². The normalized spacial score (nSPS) is 15.3. The number of hydrogen-bond acceptors (Lipinski definition) is 5. The average molecular weight is 251 g/mol. The lowest BCUT2D eigenvalue weighted by molar-refractivity contribution is 0.290. The van der Waals surface area contributed by atoms with E-state index in [4.69, 9.17) is 9.47 Å². The zero-order valence-corrected chi connectivity index (χ0v) is 11.2. The van der Waals surface area contributed by atoms with Crippen LogP contribution in [0.25, 0.3) is 0 Å². The van der Waals surface area contributed by atoms with Crippen molar-refractivity contribution >= 4 is 5.69 Å². The average Bonchev–Trinajstić information content (AvgIpc) is 2.44. The molecule has 1 atom stereocenters. The lowest BCUT2D eigenvalue weighted by Gasteiger charge is -2.26. The summed E-state index contributed by atoms with van der Waals surface area (Å²) in [6.45, 7) is 3.64. The van der Waals surface area contributed by atoms with E-state index in [1.807, 2.05) is 13.2 Å². The molecule has 5 nitrogen and oxygen atoms in total. The molecule has 0 radical (unpaired) electrons. The number of rotatable bonds is 5. The highest BCUT2D eigenvalue weighted by atomic mass is 16.5. The molecule has 0 spiro atoms. The summed E-state index contributed by atoms with van der Waals surface area (Å²) in [5.41, 5.74) is 2.16. The van der Waals surface area contributed by atoms with Crippen molar-refractivity contribution in [2.75, 3.05) is 32.6 Å². The van der Waals surface area contributed by atoms with E-state index in [9.17, 15) is 0 Å². The lowest BCUT2D eigenvalue weighted by Crippen LogP contribution is -2.24. The summed E-state index contributed by atoms with van der Waals surface area (Å²) in [6, 6.07) is 0.288. The van der Waals surface area contributed by atoms with E-state index in [0.29, 0.717) is 12.5 Å². The van der Waals surface area contributed by atoms with Gasteiger partial charge in [-0.1, -0.05) is 13.3 Å². The molecule has 100 valence electrons. The lowest BCUT2D eigenvalue weighted by atomic mass is 10.0. The van der Waals surface area contributed by atoms with E-state index in [1.165, 1.54) is 0 Å². The minimum atomic E-state index is 0.288. The SMILES string of the molecule is CCC[C@H](NC)c1cnc(OC)c2c1NCCO2. The van der Waals surface area contributed by atoms with E-state index in [0.717, 1.165) is 36.4 Å². The molecule has 1 aromatic rings. The largest absolute Gasteiger partial charge is 0.485 e. The molecule has 1 aliphatic heterocycles. The summed E-state index contributed by atoms with van der Waals surface area (Å²) in [5, 5.41) is 6.72. The number of hydrogen-bond donors (Lipinski definition) is 2. The Balaban J connectivity index is 2.41. The molecule has 0 saturated carbocycles. The van der Waals surface area contributed by atoms with Gasteiger partial charge in [-0.2, -0.15) is 0 Å². The summed E-state index contributed by atoms with van der Waals surface area (Å²) in [5.74, 6) is 1.28. The molecule has 2 rings (SSSR count). The Bertz CT molecular complexity index is 409. The second-order valence-electron chi connectivity index (χ2n) is 4.33. The molecule has 1 aliphatic rings. The molecular weight excluding hydrogens is 230 g/mol. The summed E-state index contributed by atoms with van der Waals surface area (Å²) in [7, 11) is 3.59. The predicted octanol–water partition coefficient (Wildman–Crippen LogP) is 1.96. The summed E-state index contributed by atoms with van der Waals surface area (Å²) in [4.78, 5) is 4.33. The van der Waals surface area contributed by atoms with Crippen LogP contribution in [-0.2, 0) is 0 Å². The van der Waals surface area contributed by atoms with E-state index in [-0.39, 0.29) is 6.04 Å². The highest BCUT2D eigenvalue weighted by Gasteiger charge is 2.23. The van der Waals surface area contributed by atoms with Crippen molar-refractivity contribution in [3.8, 4) is 11.6 Å². The third-order valence-electron chi connectivity index (χ3n) is 3.18. The first-order valence-corrected chi connectivity index (χ1v) is 6.42. The van der Waals surface area contributed by atoms with Crippen LogP contribution in [0.3, 0.4) is 0 Å². The number of aromatic nitrogens is 1. The third kappa shape index (κ3) is 2.36. The minimum Gasteiger partial charge on any atom is -0.485 e. The Morgan fingerprint density at radius 3 is 3.11 bits per heavy atom. The Labute approximate surface area is 108 Å². The van der Waals surface area contributed by atoms with Crippen LogP contribution in [0.5, 0.6) is 11.6 Å². The fraction of sp³-hybridized carbons (Fsp3) is 0.615. The zero-order valence-electron chi connectivity index (χ0n) is 11.2. The molecule has 0 fully saturated rings.